The second-order valence-electron chi connectivity index (χ2n) is 5.48. The fourth-order valence-electron chi connectivity index (χ4n) is 2.55. The molecule has 2 aliphatic rings. The first-order valence-corrected chi connectivity index (χ1v) is 7.85. The van der Waals surface area contributed by atoms with E-state index in [0.29, 0.717) is 5.92 Å². The molecule has 3 heteroatoms. The van der Waals surface area contributed by atoms with Crippen molar-refractivity contribution in [3.63, 3.8) is 0 Å². The molecule has 0 radical (unpaired) electrons. The molecule has 0 amide bonds. The molecule has 94 valence electrons. The minimum absolute atomic E-state index is 0.704. The third-order valence-electron chi connectivity index (χ3n) is 3.91. The van der Waals surface area contributed by atoms with Crippen LogP contribution < -0.4 is 5.32 Å². The first-order chi connectivity index (χ1) is 8.33. The van der Waals surface area contributed by atoms with E-state index >= 15 is 0 Å². The zero-order valence-electron chi connectivity index (χ0n) is 10.4. The van der Waals surface area contributed by atoms with Gasteiger partial charge in [-0.25, -0.2) is 0 Å². The molecule has 2 heterocycles. The Balaban J connectivity index is 1.43. The molecule has 17 heavy (non-hydrogen) atoms. The molecular formula is C14H21NOS. The molecule has 1 saturated carbocycles. The van der Waals surface area contributed by atoms with E-state index in [1.165, 1.54) is 30.1 Å². The Bertz CT molecular complexity index is 370. The van der Waals surface area contributed by atoms with Crippen molar-refractivity contribution < 1.29 is 4.42 Å². The minimum Gasteiger partial charge on any atom is -0.464 e. The van der Waals surface area contributed by atoms with E-state index in [4.69, 9.17) is 4.42 Å². The molecule has 1 saturated heterocycles. The van der Waals surface area contributed by atoms with Crippen LogP contribution in [-0.2, 0) is 6.54 Å². The van der Waals surface area contributed by atoms with Gasteiger partial charge in [0.25, 0.3) is 0 Å². The Hall–Kier alpha value is -0.410. The van der Waals surface area contributed by atoms with Gasteiger partial charge in [-0.05, 0) is 54.9 Å². The topological polar surface area (TPSA) is 25.2 Å². The van der Waals surface area contributed by atoms with Crippen LogP contribution >= 0.6 is 11.8 Å². The van der Waals surface area contributed by atoms with Gasteiger partial charge in [0.15, 0.2) is 0 Å². The van der Waals surface area contributed by atoms with Crippen molar-refractivity contribution >= 4 is 11.8 Å². The van der Waals surface area contributed by atoms with E-state index in [0.717, 1.165) is 30.7 Å². The normalized spacial score (nSPS) is 31.9. The summed E-state index contributed by atoms with van der Waals surface area (Å²) in [6.45, 7) is 4.33. The van der Waals surface area contributed by atoms with Gasteiger partial charge in [0, 0.05) is 5.92 Å². The highest BCUT2D eigenvalue weighted by Gasteiger charge is 2.36. The lowest BCUT2D eigenvalue weighted by Gasteiger charge is -2.08. The zero-order valence-corrected chi connectivity index (χ0v) is 11.3. The van der Waals surface area contributed by atoms with Gasteiger partial charge in [-0.1, -0.05) is 6.92 Å². The van der Waals surface area contributed by atoms with Gasteiger partial charge in [0.1, 0.15) is 11.5 Å². The van der Waals surface area contributed by atoms with Crippen LogP contribution in [0.3, 0.4) is 0 Å². The van der Waals surface area contributed by atoms with Crippen molar-refractivity contribution in [3.05, 3.63) is 23.7 Å². The third-order valence-corrected chi connectivity index (χ3v) is 5.15. The van der Waals surface area contributed by atoms with E-state index in [2.05, 4.69) is 36.1 Å². The van der Waals surface area contributed by atoms with Gasteiger partial charge in [-0.3, -0.25) is 0 Å². The van der Waals surface area contributed by atoms with E-state index in [1.54, 1.807) is 0 Å². The predicted molar refractivity (Wildman–Crippen MR) is 72.4 cm³/mol. The zero-order chi connectivity index (χ0) is 11.7. The first-order valence-electron chi connectivity index (χ1n) is 6.70. The van der Waals surface area contributed by atoms with Crippen LogP contribution in [0.2, 0.25) is 0 Å². The average molecular weight is 251 g/mol. The maximum absolute atomic E-state index is 5.87. The van der Waals surface area contributed by atoms with E-state index < -0.39 is 0 Å². The molecule has 1 aliphatic heterocycles. The number of rotatable bonds is 5. The van der Waals surface area contributed by atoms with Crippen LogP contribution in [0.1, 0.15) is 37.2 Å². The van der Waals surface area contributed by atoms with Crippen LogP contribution in [0.5, 0.6) is 0 Å². The van der Waals surface area contributed by atoms with Crippen molar-refractivity contribution in [2.75, 3.05) is 18.1 Å². The number of hydrogen-bond acceptors (Lipinski definition) is 3. The molecule has 1 N–H and O–H groups in total. The lowest BCUT2D eigenvalue weighted by atomic mass is 10.1. The summed E-state index contributed by atoms with van der Waals surface area (Å²) in [4.78, 5) is 0. The van der Waals surface area contributed by atoms with Crippen LogP contribution in [0, 0.1) is 11.8 Å². The first kappa shape index (κ1) is 11.7. The molecule has 2 fully saturated rings. The molecule has 3 rings (SSSR count). The van der Waals surface area contributed by atoms with E-state index in [1.807, 2.05) is 0 Å². The highest BCUT2D eigenvalue weighted by atomic mass is 32.2. The summed E-state index contributed by atoms with van der Waals surface area (Å²) >= 11 is 2.08. The summed E-state index contributed by atoms with van der Waals surface area (Å²) < 4.78 is 5.87. The number of furan rings is 1. The van der Waals surface area contributed by atoms with Gasteiger partial charge >= 0.3 is 0 Å². The highest BCUT2D eigenvalue weighted by Crippen LogP contribution is 2.47. The highest BCUT2D eigenvalue weighted by molar-refractivity contribution is 7.99. The summed E-state index contributed by atoms with van der Waals surface area (Å²) in [7, 11) is 0. The maximum atomic E-state index is 5.87. The molecule has 0 spiro atoms. The van der Waals surface area contributed by atoms with Crippen LogP contribution in [0.25, 0.3) is 0 Å². The predicted octanol–water partition coefficient (Wildman–Crippen LogP) is 3.25. The van der Waals surface area contributed by atoms with E-state index in [-0.39, 0.29) is 0 Å². The third kappa shape index (κ3) is 2.89. The average Bonchev–Trinajstić information content (AvgIpc) is 2.76. The lowest BCUT2D eigenvalue weighted by molar-refractivity contribution is 0.430. The number of nitrogens with one attached hydrogen (secondary N) is 1. The molecule has 0 aromatic carbocycles. The lowest BCUT2D eigenvalue weighted by Crippen LogP contribution is -2.21. The SMILES string of the molecule is CC1CC1c1ccc(CNCC2CCSC2)o1. The summed E-state index contributed by atoms with van der Waals surface area (Å²) in [5.41, 5.74) is 0. The summed E-state index contributed by atoms with van der Waals surface area (Å²) in [6.07, 6.45) is 2.68. The van der Waals surface area contributed by atoms with Gasteiger partial charge in [-0.2, -0.15) is 11.8 Å². The molecule has 1 aliphatic carbocycles. The number of hydrogen-bond donors (Lipinski definition) is 1. The Morgan fingerprint density at radius 1 is 1.47 bits per heavy atom. The molecule has 2 nitrogen and oxygen atoms in total. The maximum Gasteiger partial charge on any atom is 0.117 e. The molecule has 3 unspecified atom stereocenters. The molecule has 1 aromatic heterocycles. The Kier molecular flexibility index (Phi) is 3.48. The molecule has 3 atom stereocenters. The monoisotopic (exact) mass is 251 g/mol. The van der Waals surface area contributed by atoms with Crippen molar-refractivity contribution in [3.8, 4) is 0 Å². The molecular weight excluding hydrogens is 230 g/mol. The Labute approximate surface area is 108 Å². The van der Waals surface area contributed by atoms with Gasteiger partial charge in [0.2, 0.25) is 0 Å². The smallest absolute Gasteiger partial charge is 0.117 e. The Morgan fingerprint density at radius 2 is 2.35 bits per heavy atom. The van der Waals surface area contributed by atoms with Crippen molar-refractivity contribution in [1.82, 2.24) is 5.32 Å². The van der Waals surface area contributed by atoms with Gasteiger partial charge in [-0.15, -0.1) is 0 Å². The summed E-state index contributed by atoms with van der Waals surface area (Å²) in [5, 5.41) is 3.52. The number of thioether (sulfide) groups is 1. The fourth-order valence-corrected chi connectivity index (χ4v) is 3.84. The van der Waals surface area contributed by atoms with Crippen LogP contribution in [0.4, 0.5) is 0 Å². The van der Waals surface area contributed by atoms with E-state index in [9.17, 15) is 0 Å². The van der Waals surface area contributed by atoms with Crippen LogP contribution in [-0.4, -0.2) is 18.1 Å². The second kappa shape index (κ2) is 5.07. The quantitative estimate of drug-likeness (QED) is 0.869. The molecule has 0 bridgehead atoms. The fraction of sp³-hybridized carbons (Fsp3) is 0.714. The van der Waals surface area contributed by atoms with Crippen molar-refractivity contribution in [1.29, 1.82) is 0 Å². The Morgan fingerprint density at radius 3 is 3.06 bits per heavy atom. The van der Waals surface area contributed by atoms with Crippen molar-refractivity contribution in [2.45, 2.75) is 32.2 Å². The minimum atomic E-state index is 0.704. The second-order valence-corrected chi connectivity index (χ2v) is 6.63. The van der Waals surface area contributed by atoms with Gasteiger partial charge < -0.3 is 9.73 Å². The standard InChI is InChI=1S/C14H21NOS/c1-10-6-13(10)14-3-2-12(16-14)8-15-7-11-4-5-17-9-11/h2-3,10-11,13,15H,4-9H2,1H3. The summed E-state index contributed by atoms with van der Waals surface area (Å²) in [6, 6.07) is 4.30. The summed E-state index contributed by atoms with van der Waals surface area (Å²) in [5.74, 6) is 7.38. The molecule has 1 aromatic rings. The van der Waals surface area contributed by atoms with Gasteiger partial charge in [0.05, 0.1) is 6.54 Å². The largest absolute Gasteiger partial charge is 0.464 e. The van der Waals surface area contributed by atoms with Crippen molar-refractivity contribution in [2.24, 2.45) is 11.8 Å². The van der Waals surface area contributed by atoms with Crippen LogP contribution in [0.15, 0.2) is 16.5 Å².